The van der Waals surface area contributed by atoms with Crippen LogP contribution in [0.1, 0.15) is 17.0 Å². The van der Waals surface area contributed by atoms with Crippen LogP contribution in [0.25, 0.3) is 22.1 Å². The van der Waals surface area contributed by atoms with E-state index in [-0.39, 0.29) is 11.0 Å². The lowest BCUT2D eigenvalue weighted by Gasteiger charge is -2.11. The average Bonchev–Trinajstić information content (AvgIpc) is 2.92. The molecular weight excluding hydrogens is 395 g/mol. The van der Waals surface area contributed by atoms with Crippen LogP contribution in [0.4, 0.5) is 24.5 Å². The smallest absolute Gasteiger partial charge is 0.417 e. The van der Waals surface area contributed by atoms with Crippen LogP contribution in [0, 0.1) is 13.8 Å². The minimum Gasteiger partial charge on any atom is -0.423 e. The number of benzene rings is 2. The monoisotopic (exact) mass is 413 g/mol. The molecule has 4 rings (SSSR count). The normalized spacial score (nSPS) is 11.8. The molecule has 0 aliphatic carbocycles. The highest BCUT2D eigenvalue weighted by Gasteiger charge is 2.33. The summed E-state index contributed by atoms with van der Waals surface area (Å²) in [6, 6.07) is 12.3. The van der Waals surface area contributed by atoms with Gasteiger partial charge < -0.3 is 9.73 Å². The van der Waals surface area contributed by atoms with Gasteiger partial charge in [-0.05, 0) is 43.7 Å². The lowest BCUT2D eigenvalue weighted by molar-refractivity contribution is -0.136. The van der Waals surface area contributed by atoms with Crippen LogP contribution in [0.2, 0.25) is 0 Å². The van der Waals surface area contributed by atoms with Gasteiger partial charge in [0, 0.05) is 47.2 Å². The van der Waals surface area contributed by atoms with Crippen LogP contribution < -0.4 is 10.9 Å². The zero-order valence-electron chi connectivity index (χ0n) is 16.5. The number of hydrogen-bond donors (Lipinski definition) is 1. The zero-order valence-corrected chi connectivity index (χ0v) is 16.5. The lowest BCUT2D eigenvalue weighted by Crippen LogP contribution is -2.11. The summed E-state index contributed by atoms with van der Waals surface area (Å²) in [5.74, 6) is 0. The molecule has 2 aromatic heterocycles. The number of anilines is 2. The molecule has 0 aliphatic heterocycles. The Kier molecular flexibility index (Phi) is 4.64. The van der Waals surface area contributed by atoms with Crippen LogP contribution in [0.15, 0.2) is 57.7 Å². The fourth-order valence-corrected chi connectivity index (χ4v) is 3.55. The van der Waals surface area contributed by atoms with Gasteiger partial charge in [-0.2, -0.15) is 18.3 Å². The van der Waals surface area contributed by atoms with Crippen molar-refractivity contribution in [1.29, 1.82) is 0 Å². The maximum atomic E-state index is 13.2. The fourth-order valence-electron chi connectivity index (χ4n) is 3.55. The van der Waals surface area contributed by atoms with Crippen LogP contribution in [-0.4, -0.2) is 9.78 Å². The lowest BCUT2D eigenvalue weighted by atomic mass is 10.0. The highest BCUT2D eigenvalue weighted by atomic mass is 19.4. The number of aromatic nitrogens is 2. The van der Waals surface area contributed by atoms with Gasteiger partial charge in [0.2, 0.25) is 0 Å². The first-order chi connectivity index (χ1) is 14.1. The van der Waals surface area contributed by atoms with E-state index in [0.29, 0.717) is 11.8 Å². The number of rotatable bonds is 3. The highest BCUT2D eigenvalue weighted by Crippen LogP contribution is 2.35. The molecule has 154 valence electrons. The number of alkyl halides is 3. The molecule has 0 spiro atoms. The molecule has 0 aliphatic rings. The van der Waals surface area contributed by atoms with E-state index in [9.17, 15) is 18.0 Å². The topological polar surface area (TPSA) is 60.1 Å². The second-order valence-electron chi connectivity index (χ2n) is 7.06. The predicted octanol–water partition coefficient (Wildman–Crippen LogP) is 5.57. The zero-order chi connectivity index (χ0) is 21.6. The summed E-state index contributed by atoms with van der Waals surface area (Å²) in [6.07, 6.45) is -4.64. The van der Waals surface area contributed by atoms with E-state index >= 15 is 0 Å². The Balaban J connectivity index is 1.65. The van der Waals surface area contributed by atoms with Crippen molar-refractivity contribution in [2.75, 3.05) is 5.32 Å². The molecule has 0 fully saturated rings. The maximum absolute atomic E-state index is 13.2. The third-order valence-electron chi connectivity index (χ3n) is 5.02. The molecule has 8 heteroatoms. The van der Waals surface area contributed by atoms with Crippen molar-refractivity contribution < 1.29 is 17.6 Å². The minimum absolute atomic E-state index is 0.127. The Bertz CT molecular complexity index is 1300. The first-order valence-electron chi connectivity index (χ1n) is 9.16. The molecule has 0 amide bonds. The number of nitrogens with zero attached hydrogens (tertiary/aromatic N) is 2. The largest absolute Gasteiger partial charge is 0.423 e. The number of nitrogens with one attached hydrogen (secondary N) is 1. The summed E-state index contributed by atoms with van der Waals surface area (Å²) in [6.45, 7) is 3.95. The van der Waals surface area contributed by atoms with Gasteiger partial charge in [-0.25, -0.2) is 4.79 Å². The molecule has 0 unspecified atom stereocenters. The van der Waals surface area contributed by atoms with Gasteiger partial charge in [0.25, 0.3) is 0 Å². The van der Waals surface area contributed by atoms with Crippen LogP contribution in [0.3, 0.4) is 0 Å². The van der Waals surface area contributed by atoms with E-state index in [2.05, 4.69) is 10.4 Å². The number of halogens is 3. The Morgan fingerprint density at radius 1 is 1.00 bits per heavy atom. The molecule has 4 aromatic rings. The molecular formula is C22H18F3N3O2. The van der Waals surface area contributed by atoms with E-state index in [1.165, 1.54) is 18.2 Å². The molecule has 2 aromatic carbocycles. The van der Waals surface area contributed by atoms with Crippen molar-refractivity contribution in [3.05, 3.63) is 75.9 Å². The van der Waals surface area contributed by atoms with Gasteiger partial charge in [0.15, 0.2) is 0 Å². The standard InChI is InChI=1S/C22H18F3N3O2/c1-12-21(13(2)28(3)27-12)14-4-6-15(7-5-14)26-16-8-9-17-18(22(23,24)25)11-20(29)30-19(17)10-16/h4-11,26H,1-3H3. The van der Waals surface area contributed by atoms with Gasteiger partial charge in [0.1, 0.15) is 5.58 Å². The molecule has 5 nitrogen and oxygen atoms in total. The van der Waals surface area contributed by atoms with E-state index in [4.69, 9.17) is 4.42 Å². The average molecular weight is 413 g/mol. The van der Waals surface area contributed by atoms with Crippen molar-refractivity contribution in [2.45, 2.75) is 20.0 Å². The highest BCUT2D eigenvalue weighted by molar-refractivity contribution is 5.85. The van der Waals surface area contributed by atoms with E-state index in [1.54, 1.807) is 0 Å². The van der Waals surface area contributed by atoms with Crippen LogP contribution >= 0.6 is 0 Å². The van der Waals surface area contributed by atoms with Gasteiger partial charge in [-0.1, -0.05) is 12.1 Å². The van der Waals surface area contributed by atoms with Crippen molar-refractivity contribution in [2.24, 2.45) is 7.05 Å². The number of hydrogen-bond acceptors (Lipinski definition) is 4. The number of fused-ring (bicyclic) bond motifs is 1. The molecule has 0 saturated heterocycles. The Morgan fingerprint density at radius 3 is 2.27 bits per heavy atom. The summed E-state index contributed by atoms with van der Waals surface area (Å²) in [7, 11) is 1.89. The van der Waals surface area contributed by atoms with Crippen LogP contribution in [0.5, 0.6) is 0 Å². The first-order valence-corrected chi connectivity index (χ1v) is 9.16. The Labute approximate surface area is 169 Å². The van der Waals surface area contributed by atoms with Crippen molar-refractivity contribution in [3.8, 4) is 11.1 Å². The van der Waals surface area contributed by atoms with Gasteiger partial charge in [-0.3, -0.25) is 4.68 Å². The molecule has 0 atom stereocenters. The molecule has 2 heterocycles. The van der Waals surface area contributed by atoms with Crippen molar-refractivity contribution in [1.82, 2.24) is 9.78 Å². The van der Waals surface area contributed by atoms with E-state index < -0.39 is 17.4 Å². The Hall–Kier alpha value is -3.55. The maximum Gasteiger partial charge on any atom is 0.417 e. The molecule has 0 saturated carbocycles. The summed E-state index contributed by atoms with van der Waals surface area (Å²) < 4.78 is 46.3. The summed E-state index contributed by atoms with van der Waals surface area (Å²) in [5.41, 5.74) is 3.14. The second kappa shape index (κ2) is 7.05. The predicted molar refractivity (Wildman–Crippen MR) is 109 cm³/mol. The fraction of sp³-hybridized carbons (Fsp3) is 0.182. The van der Waals surface area contributed by atoms with Crippen molar-refractivity contribution >= 4 is 22.3 Å². The van der Waals surface area contributed by atoms with E-state index in [0.717, 1.165) is 28.2 Å². The minimum atomic E-state index is -4.64. The van der Waals surface area contributed by atoms with Crippen LogP contribution in [-0.2, 0) is 13.2 Å². The summed E-state index contributed by atoms with van der Waals surface area (Å²) >= 11 is 0. The SMILES string of the molecule is Cc1nn(C)c(C)c1-c1ccc(Nc2ccc3c(C(F)(F)F)cc(=O)oc3c2)cc1. The van der Waals surface area contributed by atoms with Gasteiger partial charge in [-0.15, -0.1) is 0 Å². The molecule has 1 N–H and O–H groups in total. The van der Waals surface area contributed by atoms with Gasteiger partial charge in [0.05, 0.1) is 11.3 Å². The summed E-state index contributed by atoms with van der Waals surface area (Å²) in [4.78, 5) is 11.6. The first kappa shape index (κ1) is 19.8. The third kappa shape index (κ3) is 3.56. The molecule has 0 bridgehead atoms. The third-order valence-corrected chi connectivity index (χ3v) is 5.02. The Morgan fingerprint density at radius 2 is 1.67 bits per heavy atom. The quantitative estimate of drug-likeness (QED) is 0.446. The number of aryl methyl sites for hydroxylation is 2. The van der Waals surface area contributed by atoms with Crippen molar-refractivity contribution in [3.63, 3.8) is 0 Å². The van der Waals surface area contributed by atoms with Gasteiger partial charge >= 0.3 is 11.8 Å². The van der Waals surface area contributed by atoms with E-state index in [1.807, 2.05) is 49.8 Å². The molecule has 30 heavy (non-hydrogen) atoms. The second-order valence-corrected chi connectivity index (χ2v) is 7.06. The molecule has 0 radical (unpaired) electrons. The summed E-state index contributed by atoms with van der Waals surface area (Å²) in [5, 5.41) is 7.38.